The van der Waals surface area contributed by atoms with E-state index in [1.807, 2.05) is 6.07 Å². The average molecular weight is 427 g/mol. The van der Waals surface area contributed by atoms with Crippen molar-refractivity contribution < 1.29 is 23.5 Å². The predicted octanol–water partition coefficient (Wildman–Crippen LogP) is 3.86. The third-order valence-electron chi connectivity index (χ3n) is 5.61. The number of furan rings is 1. The highest BCUT2D eigenvalue weighted by molar-refractivity contribution is 6.10. The Morgan fingerprint density at radius 2 is 1.81 bits per heavy atom. The minimum atomic E-state index is -0.679. The van der Waals surface area contributed by atoms with E-state index >= 15 is 0 Å². The number of benzene rings is 1. The number of nitrogens with one attached hydrogen (secondary N) is 1. The summed E-state index contributed by atoms with van der Waals surface area (Å²) in [6.07, 6.45) is 3.12. The first kappa shape index (κ1) is 22.7. The van der Waals surface area contributed by atoms with Crippen LogP contribution in [0, 0.1) is 12.8 Å². The Hall–Kier alpha value is -2.93. The first-order valence-corrected chi connectivity index (χ1v) is 10.8. The van der Waals surface area contributed by atoms with Crippen LogP contribution in [0.5, 0.6) is 0 Å². The van der Waals surface area contributed by atoms with Crippen LogP contribution in [0.15, 0.2) is 34.7 Å². The van der Waals surface area contributed by atoms with Crippen molar-refractivity contribution in [2.45, 2.75) is 40.0 Å². The maximum atomic E-state index is 12.6. The number of carbonyl (C=O) groups excluding carboxylic acids is 3. The lowest BCUT2D eigenvalue weighted by atomic mass is 9.90. The molecule has 3 rings (SSSR count). The van der Waals surface area contributed by atoms with Crippen molar-refractivity contribution in [2.75, 3.05) is 31.6 Å². The second kappa shape index (κ2) is 10.4. The van der Waals surface area contributed by atoms with Crippen molar-refractivity contribution in [1.29, 1.82) is 0 Å². The molecule has 0 saturated carbocycles. The number of ketones is 1. The highest BCUT2D eigenvalue weighted by atomic mass is 16.5. The van der Waals surface area contributed by atoms with Crippen molar-refractivity contribution in [3.05, 3.63) is 52.8 Å². The summed E-state index contributed by atoms with van der Waals surface area (Å²) in [7, 11) is 0. The lowest BCUT2D eigenvalue weighted by Crippen LogP contribution is -2.39. The zero-order valence-corrected chi connectivity index (χ0v) is 18.4. The fourth-order valence-electron chi connectivity index (χ4n) is 4.12. The van der Waals surface area contributed by atoms with Crippen LogP contribution >= 0.6 is 0 Å². The first-order valence-electron chi connectivity index (χ1n) is 10.8. The molecule has 2 heterocycles. The zero-order valence-electron chi connectivity index (χ0n) is 18.4. The van der Waals surface area contributed by atoms with Gasteiger partial charge in [-0.1, -0.05) is 30.3 Å². The fourth-order valence-corrected chi connectivity index (χ4v) is 4.12. The maximum Gasteiger partial charge on any atom is 0.344 e. The second-order valence-electron chi connectivity index (χ2n) is 7.97. The molecule has 7 heteroatoms. The standard InChI is InChI=1S/C24H30N2O5/c1-4-30-24(29)22-21(16(2)27)17(3)31-23(22)25-20(28)15-26-12-10-19(11-13-26)14-18-8-6-5-7-9-18/h5-9,19H,4,10-15H2,1-3H3,(H,25,28). The van der Waals surface area contributed by atoms with Crippen molar-refractivity contribution in [1.82, 2.24) is 4.90 Å². The van der Waals surface area contributed by atoms with E-state index in [0.29, 0.717) is 5.92 Å². The van der Waals surface area contributed by atoms with Crippen LogP contribution in [-0.4, -0.2) is 48.8 Å². The Morgan fingerprint density at radius 1 is 1.13 bits per heavy atom. The van der Waals surface area contributed by atoms with E-state index in [0.717, 1.165) is 32.4 Å². The summed E-state index contributed by atoms with van der Waals surface area (Å²) in [4.78, 5) is 39.1. The molecular formula is C24H30N2O5. The predicted molar refractivity (Wildman–Crippen MR) is 117 cm³/mol. The van der Waals surface area contributed by atoms with Gasteiger partial charge in [0, 0.05) is 0 Å². The largest absolute Gasteiger partial charge is 0.462 e. The number of amides is 1. The molecule has 0 atom stereocenters. The van der Waals surface area contributed by atoms with Gasteiger partial charge in [0.2, 0.25) is 11.8 Å². The number of piperidine rings is 1. The number of anilines is 1. The van der Waals surface area contributed by atoms with E-state index in [1.165, 1.54) is 12.5 Å². The van der Waals surface area contributed by atoms with Crippen molar-refractivity contribution in [3.63, 3.8) is 0 Å². The topological polar surface area (TPSA) is 88.8 Å². The number of rotatable bonds is 8. The van der Waals surface area contributed by atoms with Gasteiger partial charge in [-0.05, 0) is 64.6 Å². The Bertz CT molecular complexity index is 927. The molecule has 1 aromatic heterocycles. The molecular weight excluding hydrogens is 396 g/mol. The average Bonchev–Trinajstić information content (AvgIpc) is 3.06. The lowest BCUT2D eigenvalue weighted by Gasteiger charge is -2.31. The molecule has 1 aliphatic heterocycles. The second-order valence-corrected chi connectivity index (χ2v) is 7.97. The van der Waals surface area contributed by atoms with Gasteiger partial charge in [0.05, 0.1) is 18.7 Å². The first-order chi connectivity index (χ1) is 14.9. The summed E-state index contributed by atoms with van der Waals surface area (Å²) < 4.78 is 10.6. The highest BCUT2D eigenvalue weighted by Crippen LogP contribution is 2.29. The van der Waals surface area contributed by atoms with Gasteiger partial charge >= 0.3 is 5.97 Å². The number of hydrogen-bond acceptors (Lipinski definition) is 6. The van der Waals surface area contributed by atoms with E-state index in [-0.39, 0.29) is 47.6 Å². The van der Waals surface area contributed by atoms with Crippen molar-refractivity contribution >= 4 is 23.5 Å². The third-order valence-corrected chi connectivity index (χ3v) is 5.61. The van der Waals surface area contributed by atoms with Crippen LogP contribution in [-0.2, 0) is 16.0 Å². The van der Waals surface area contributed by atoms with E-state index in [2.05, 4.69) is 34.5 Å². The summed E-state index contributed by atoms with van der Waals surface area (Å²) in [6, 6.07) is 10.5. The number of esters is 1. The van der Waals surface area contributed by atoms with Crippen LogP contribution in [0.25, 0.3) is 0 Å². The molecule has 1 N–H and O–H groups in total. The highest BCUT2D eigenvalue weighted by Gasteiger charge is 2.29. The van der Waals surface area contributed by atoms with Gasteiger partial charge in [0.1, 0.15) is 11.3 Å². The Balaban J connectivity index is 1.58. The number of carbonyl (C=O) groups is 3. The molecule has 1 aliphatic rings. The fraction of sp³-hybridized carbons (Fsp3) is 0.458. The number of Topliss-reactive ketones (excluding diaryl/α,β-unsaturated/α-hetero) is 1. The van der Waals surface area contributed by atoms with Gasteiger partial charge in [-0.3, -0.25) is 19.8 Å². The van der Waals surface area contributed by atoms with Gasteiger partial charge in [0.15, 0.2) is 5.78 Å². The van der Waals surface area contributed by atoms with Crippen LogP contribution < -0.4 is 5.32 Å². The lowest BCUT2D eigenvalue weighted by molar-refractivity contribution is -0.117. The number of ether oxygens (including phenoxy) is 1. The third kappa shape index (κ3) is 5.82. The van der Waals surface area contributed by atoms with Gasteiger partial charge < -0.3 is 9.15 Å². The van der Waals surface area contributed by atoms with Crippen molar-refractivity contribution in [2.24, 2.45) is 5.92 Å². The molecule has 1 fully saturated rings. The molecule has 0 bridgehead atoms. The van der Waals surface area contributed by atoms with Gasteiger partial charge in [-0.25, -0.2) is 4.79 Å². The van der Waals surface area contributed by atoms with Crippen LogP contribution in [0.1, 0.15) is 58.7 Å². The molecule has 166 valence electrons. The van der Waals surface area contributed by atoms with E-state index in [9.17, 15) is 14.4 Å². The monoisotopic (exact) mass is 426 g/mol. The molecule has 0 radical (unpaired) electrons. The summed E-state index contributed by atoms with van der Waals surface area (Å²) >= 11 is 0. The molecule has 31 heavy (non-hydrogen) atoms. The molecule has 0 spiro atoms. The van der Waals surface area contributed by atoms with Crippen LogP contribution in [0.4, 0.5) is 5.88 Å². The normalized spacial score (nSPS) is 14.9. The Morgan fingerprint density at radius 3 is 2.42 bits per heavy atom. The number of nitrogens with zero attached hydrogens (tertiary/aromatic N) is 1. The van der Waals surface area contributed by atoms with Crippen LogP contribution in [0.2, 0.25) is 0 Å². The quantitative estimate of drug-likeness (QED) is 0.509. The number of hydrogen-bond donors (Lipinski definition) is 1. The van der Waals surface area contributed by atoms with E-state index in [4.69, 9.17) is 9.15 Å². The van der Waals surface area contributed by atoms with E-state index in [1.54, 1.807) is 13.8 Å². The van der Waals surface area contributed by atoms with Crippen LogP contribution in [0.3, 0.4) is 0 Å². The maximum absolute atomic E-state index is 12.6. The summed E-state index contributed by atoms with van der Waals surface area (Å²) in [5.74, 6) is -0.400. The van der Waals surface area contributed by atoms with Gasteiger partial charge in [0.25, 0.3) is 0 Å². The molecule has 1 aromatic carbocycles. The molecule has 1 amide bonds. The minimum Gasteiger partial charge on any atom is -0.462 e. The summed E-state index contributed by atoms with van der Waals surface area (Å²) in [6.45, 7) is 6.66. The molecule has 0 unspecified atom stereocenters. The number of aryl methyl sites for hydroxylation is 1. The van der Waals surface area contributed by atoms with E-state index < -0.39 is 5.97 Å². The summed E-state index contributed by atoms with van der Waals surface area (Å²) in [5, 5.41) is 2.66. The smallest absolute Gasteiger partial charge is 0.344 e. The Kier molecular flexibility index (Phi) is 7.63. The molecule has 2 aromatic rings. The molecule has 0 aliphatic carbocycles. The summed E-state index contributed by atoms with van der Waals surface area (Å²) in [5.41, 5.74) is 1.48. The number of likely N-dealkylation sites (tertiary alicyclic amines) is 1. The van der Waals surface area contributed by atoms with Crippen molar-refractivity contribution in [3.8, 4) is 0 Å². The SMILES string of the molecule is CCOC(=O)c1c(NC(=O)CN2CCC(Cc3ccccc3)CC2)oc(C)c1C(C)=O. The molecule has 7 nitrogen and oxygen atoms in total. The van der Waals surface area contributed by atoms with Gasteiger partial charge in [-0.2, -0.15) is 0 Å². The van der Waals surface area contributed by atoms with Gasteiger partial charge in [-0.15, -0.1) is 0 Å². The zero-order chi connectivity index (χ0) is 22.4. The Labute approximate surface area is 182 Å². The minimum absolute atomic E-state index is 0.0123. The molecule has 1 saturated heterocycles.